The summed E-state index contributed by atoms with van der Waals surface area (Å²) in [6.07, 6.45) is 2.72. The maximum absolute atomic E-state index is 13.5. The minimum Gasteiger partial charge on any atom is -0.356 e. The molecule has 2 N–H and O–H groups in total. The van der Waals surface area contributed by atoms with E-state index in [4.69, 9.17) is 0 Å². The number of aliphatic imine (C=N–C) groups is 1. The minimum absolute atomic E-state index is 0. The van der Waals surface area contributed by atoms with Gasteiger partial charge in [-0.15, -0.1) is 24.0 Å². The van der Waals surface area contributed by atoms with Crippen molar-refractivity contribution in [3.05, 3.63) is 71.5 Å². The Balaban J connectivity index is 0.00000288. The van der Waals surface area contributed by atoms with Gasteiger partial charge in [-0.25, -0.2) is 4.39 Å². The first-order valence-electron chi connectivity index (χ1n) is 8.01. The van der Waals surface area contributed by atoms with E-state index >= 15 is 0 Å². The highest BCUT2D eigenvalue weighted by Gasteiger charge is 2.01. The SMILES string of the molecule is CN=C(NCCCc1ccccc1)NCCc1ccccc1F.I. The average molecular weight is 441 g/mol. The summed E-state index contributed by atoms with van der Waals surface area (Å²) in [5.41, 5.74) is 2.07. The first kappa shape index (κ1) is 20.4. The Kier molecular flexibility index (Phi) is 10.1. The lowest BCUT2D eigenvalue weighted by molar-refractivity contribution is 0.606. The highest BCUT2D eigenvalue weighted by molar-refractivity contribution is 14.0. The molecule has 130 valence electrons. The van der Waals surface area contributed by atoms with Gasteiger partial charge in [0.15, 0.2) is 5.96 Å². The van der Waals surface area contributed by atoms with Crippen molar-refractivity contribution in [1.82, 2.24) is 10.6 Å². The van der Waals surface area contributed by atoms with Crippen LogP contribution in [0.3, 0.4) is 0 Å². The number of aryl methyl sites for hydroxylation is 1. The summed E-state index contributed by atoms with van der Waals surface area (Å²) in [5.74, 6) is 0.606. The van der Waals surface area contributed by atoms with Gasteiger partial charge in [-0.3, -0.25) is 4.99 Å². The first-order chi connectivity index (χ1) is 11.3. The number of nitrogens with zero attached hydrogens (tertiary/aromatic N) is 1. The molecule has 2 rings (SSSR count). The van der Waals surface area contributed by atoms with Crippen LogP contribution >= 0.6 is 24.0 Å². The van der Waals surface area contributed by atoms with Crippen LogP contribution in [0.5, 0.6) is 0 Å². The van der Waals surface area contributed by atoms with Crippen LogP contribution in [0.15, 0.2) is 59.6 Å². The molecule has 0 fully saturated rings. The molecule has 5 heteroatoms. The first-order valence-corrected chi connectivity index (χ1v) is 8.01. The summed E-state index contributed by atoms with van der Waals surface area (Å²) in [6.45, 7) is 1.51. The van der Waals surface area contributed by atoms with Gasteiger partial charge in [0.1, 0.15) is 5.82 Å². The molecule has 0 saturated carbocycles. The molecule has 2 aromatic rings. The van der Waals surface area contributed by atoms with E-state index in [1.165, 1.54) is 11.6 Å². The van der Waals surface area contributed by atoms with E-state index in [1.54, 1.807) is 13.1 Å². The third kappa shape index (κ3) is 7.29. The van der Waals surface area contributed by atoms with Crippen molar-refractivity contribution in [3.8, 4) is 0 Å². The second-order valence-electron chi connectivity index (χ2n) is 5.36. The summed E-state index contributed by atoms with van der Waals surface area (Å²) < 4.78 is 13.5. The molecule has 24 heavy (non-hydrogen) atoms. The van der Waals surface area contributed by atoms with Crippen molar-refractivity contribution < 1.29 is 4.39 Å². The number of guanidine groups is 1. The quantitative estimate of drug-likeness (QED) is 0.297. The number of benzene rings is 2. The molecular weight excluding hydrogens is 416 g/mol. The molecule has 0 unspecified atom stereocenters. The van der Waals surface area contributed by atoms with Gasteiger partial charge in [0, 0.05) is 20.1 Å². The number of hydrogen-bond acceptors (Lipinski definition) is 1. The van der Waals surface area contributed by atoms with Crippen molar-refractivity contribution in [2.24, 2.45) is 4.99 Å². The predicted octanol–water partition coefficient (Wildman–Crippen LogP) is 3.78. The van der Waals surface area contributed by atoms with Crippen molar-refractivity contribution in [2.75, 3.05) is 20.1 Å². The molecular formula is C19H25FIN3. The summed E-state index contributed by atoms with van der Waals surface area (Å²) in [5, 5.41) is 6.50. The van der Waals surface area contributed by atoms with Crippen LogP contribution in [0.4, 0.5) is 4.39 Å². The maximum atomic E-state index is 13.5. The Labute approximate surface area is 160 Å². The molecule has 2 aromatic carbocycles. The molecule has 0 aliphatic heterocycles. The van der Waals surface area contributed by atoms with E-state index < -0.39 is 0 Å². The second-order valence-corrected chi connectivity index (χ2v) is 5.36. The molecule has 0 atom stereocenters. The minimum atomic E-state index is -0.153. The Hall–Kier alpha value is -1.63. The van der Waals surface area contributed by atoms with Crippen molar-refractivity contribution in [1.29, 1.82) is 0 Å². The van der Waals surface area contributed by atoms with Gasteiger partial charge in [0.2, 0.25) is 0 Å². The maximum Gasteiger partial charge on any atom is 0.190 e. The average Bonchev–Trinajstić information content (AvgIpc) is 2.59. The fourth-order valence-corrected chi connectivity index (χ4v) is 2.38. The lowest BCUT2D eigenvalue weighted by atomic mass is 10.1. The highest BCUT2D eigenvalue weighted by Crippen LogP contribution is 2.06. The summed E-state index contributed by atoms with van der Waals surface area (Å²) in [6, 6.07) is 17.3. The molecule has 3 nitrogen and oxygen atoms in total. The van der Waals surface area contributed by atoms with E-state index in [2.05, 4.69) is 39.9 Å². The fourth-order valence-electron chi connectivity index (χ4n) is 2.38. The zero-order valence-electron chi connectivity index (χ0n) is 14.0. The third-order valence-corrected chi connectivity index (χ3v) is 3.65. The van der Waals surface area contributed by atoms with Gasteiger partial charge in [-0.05, 0) is 36.5 Å². The summed E-state index contributed by atoms with van der Waals surface area (Å²) in [4.78, 5) is 4.19. The highest BCUT2D eigenvalue weighted by atomic mass is 127. The third-order valence-electron chi connectivity index (χ3n) is 3.65. The molecule has 0 saturated heterocycles. The van der Waals surface area contributed by atoms with Gasteiger partial charge in [0.05, 0.1) is 0 Å². The largest absolute Gasteiger partial charge is 0.356 e. The molecule has 0 heterocycles. The molecule has 0 amide bonds. The molecule has 0 radical (unpaired) electrons. The molecule has 0 aliphatic carbocycles. The summed E-state index contributed by atoms with van der Waals surface area (Å²) in [7, 11) is 1.75. The Morgan fingerprint density at radius 3 is 2.29 bits per heavy atom. The van der Waals surface area contributed by atoms with Crippen LogP contribution in [-0.2, 0) is 12.8 Å². The van der Waals surface area contributed by atoms with Crippen LogP contribution < -0.4 is 10.6 Å². The molecule has 0 aromatic heterocycles. The van der Waals surface area contributed by atoms with Crippen LogP contribution in [0.1, 0.15) is 17.5 Å². The van der Waals surface area contributed by atoms with Gasteiger partial charge < -0.3 is 10.6 Å². The monoisotopic (exact) mass is 441 g/mol. The Morgan fingerprint density at radius 1 is 0.917 bits per heavy atom. The van der Waals surface area contributed by atoms with Gasteiger partial charge >= 0.3 is 0 Å². The summed E-state index contributed by atoms with van der Waals surface area (Å²) >= 11 is 0. The van der Waals surface area contributed by atoms with E-state index in [9.17, 15) is 4.39 Å². The predicted molar refractivity (Wildman–Crippen MR) is 110 cm³/mol. The van der Waals surface area contributed by atoms with Crippen LogP contribution in [0.25, 0.3) is 0 Å². The Bertz CT molecular complexity index is 617. The number of hydrogen-bond donors (Lipinski definition) is 2. The molecule has 0 spiro atoms. The van der Waals surface area contributed by atoms with E-state index in [0.29, 0.717) is 13.0 Å². The number of nitrogens with one attached hydrogen (secondary N) is 2. The van der Waals surface area contributed by atoms with E-state index in [0.717, 1.165) is 30.9 Å². The second kappa shape index (κ2) is 11.8. The lowest BCUT2D eigenvalue weighted by Crippen LogP contribution is -2.38. The standard InChI is InChI=1S/C19H24FN3.HI/c1-21-19(22-14-7-10-16-8-3-2-4-9-16)23-15-13-17-11-5-6-12-18(17)20;/h2-6,8-9,11-12H,7,10,13-15H2,1H3,(H2,21,22,23);1H. The van der Waals surface area contributed by atoms with Crippen molar-refractivity contribution >= 4 is 29.9 Å². The van der Waals surface area contributed by atoms with Crippen molar-refractivity contribution in [2.45, 2.75) is 19.3 Å². The molecule has 0 bridgehead atoms. The van der Waals surface area contributed by atoms with E-state index in [-0.39, 0.29) is 29.8 Å². The smallest absolute Gasteiger partial charge is 0.190 e. The molecule has 0 aliphatic rings. The van der Waals surface area contributed by atoms with Crippen LogP contribution in [0, 0.1) is 5.82 Å². The fraction of sp³-hybridized carbons (Fsp3) is 0.316. The van der Waals surface area contributed by atoms with Crippen LogP contribution in [0.2, 0.25) is 0 Å². The topological polar surface area (TPSA) is 36.4 Å². The van der Waals surface area contributed by atoms with Gasteiger partial charge in [0.25, 0.3) is 0 Å². The van der Waals surface area contributed by atoms with Gasteiger partial charge in [-0.1, -0.05) is 48.5 Å². The number of halogens is 2. The number of rotatable bonds is 7. The Morgan fingerprint density at radius 2 is 1.58 bits per heavy atom. The van der Waals surface area contributed by atoms with E-state index in [1.807, 2.05) is 18.2 Å². The zero-order chi connectivity index (χ0) is 16.3. The lowest BCUT2D eigenvalue weighted by Gasteiger charge is -2.12. The zero-order valence-corrected chi connectivity index (χ0v) is 16.3. The normalized spacial score (nSPS) is 10.8. The van der Waals surface area contributed by atoms with Crippen molar-refractivity contribution in [3.63, 3.8) is 0 Å². The van der Waals surface area contributed by atoms with Crippen LogP contribution in [-0.4, -0.2) is 26.1 Å². The van der Waals surface area contributed by atoms with Gasteiger partial charge in [-0.2, -0.15) is 0 Å².